The highest BCUT2D eigenvalue weighted by Crippen LogP contribution is 2.41. The molecule has 21 heavy (non-hydrogen) atoms. The van der Waals surface area contributed by atoms with Crippen molar-refractivity contribution < 1.29 is 8.78 Å². The minimum atomic E-state index is -0.510. The summed E-state index contributed by atoms with van der Waals surface area (Å²) in [6, 6.07) is 4.31. The summed E-state index contributed by atoms with van der Waals surface area (Å²) in [4.78, 5) is 2.34. The molecule has 1 aliphatic heterocycles. The fraction of sp³-hybridized carbons (Fsp3) is 0.647. The Morgan fingerprint density at radius 2 is 2.05 bits per heavy atom. The third-order valence-electron chi connectivity index (χ3n) is 5.11. The van der Waals surface area contributed by atoms with Crippen molar-refractivity contribution in [3.05, 3.63) is 35.4 Å². The van der Waals surface area contributed by atoms with Crippen LogP contribution in [-0.2, 0) is 6.54 Å². The smallest absolute Gasteiger partial charge is 0.130 e. The van der Waals surface area contributed by atoms with Crippen LogP contribution in [0.1, 0.15) is 38.7 Å². The molecule has 4 heteroatoms. The van der Waals surface area contributed by atoms with E-state index in [9.17, 15) is 8.78 Å². The molecule has 3 rings (SSSR count). The minimum Gasteiger partial charge on any atom is -0.310 e. The van der Waals surface area contributed by atoms with Gasteiger partial charge >= 0.3 is 0 Å². The Kier molecular flexibility index (Phi) is 4.02. The van der Waals surface area contributed by atoms with Crippen LogP contribution in [0.15, 0.2) is 18.2 Å². The molecule has 1 heterocycles. The first-order chi connectivity index (χ1) is 9.98. The van der Waals surface area contributed by atoms with Gasteiger partial charge in [-0.25, -0.2) is 8.78 Å². The molecule has 0 aromatic heterocycles. The standard InChI is InChI=1S/C17H24F2N2/c1-12-7-8-20-17(2,14-4-5-14)11-21(12)10-13-3-6-15(18)9-16(13)19/h3,6,9,12,14,20H,4-5,7-8,10-11H2,1-2H3. The molecule has 1 saturated carbocycles. The molecule has 0 amide bonds. The number of hydrogen-bond acceptors (Lipinski definition) is 2. The van der Waals surface area contributed by atoms with E-state index in [1.54, 1.807) is 6.07 Å². The van der Waals surface area contributed by atoms with E-state index in [-0.39, 0.29) is 5.54 Å². The van der Waals surface area contributed by atoms with Crippen LogP contribution in [0, 0.1) is 17.6 Å². The van der Waals surface area contributed by atoms with E-state index < -0.39 is 11.6 Å². The Labute approximate surface area is 125 Å². The Morgan fingerprint density at radius 1 is 1.29 bits per heavy atom. The maximum atomic E-state index is 13.9. The summed E-state index contributed by atoms with van der Waals surface area (Å²) in [5, 5.41) is 3.69. The second kappa shape index (κ2) is 5.65. The molecule has 0 radical (unpaired) electrons. The van der Waals surface area contributed by atoms with Gasteiger partial charge in [0, 0.05) is 36.3 Å². The fourth-order valence-corrected chi connectivity index (χ4v) is 3.46. The quantitative estimate of drug-likeness (QED) is 0.920. The van der Waals surface area contributed by atoms with Crippen molar-refractivity contribution in [3.8, 4) is 0 Å². The molecular formula is C17H24F2N2. The predicted molar refractivity (Wildman–Crippen MR) is 80.0 cm³/mol. The SMILES string of the molecule is CC1CCNC(C)(C2CC2)CN1Cc1ccc(F)cc1F. The van der Waals surface area contributed by atoms with Crippen LogP contribution in [0.3, 0.4) is 0 Å². The third-order valence-corrected chi connectivity index (χ3v) is 5.11. The van der Waals surface area contributed by atoms with E-state index in [1.807, 2.05) is 0 Å². The maximum absolute atomic E-state index is 13.9. The molecule has 2 aliphatic rings. The van der Waals surface area contributed by atoms with Gasteiger partial charge in [0.15, 0.2) is 0 Å². The molecule has 116 valence electrons. The van der Waals surface area contributed by atoms with Crippen molar-refractivity contribution in [2.24, 2.45) is 5.92 Å². The van der Waals surface area contributed by atoms with Gasteiger partial charge in [-0.2, -0.15) is 0 Å². The van der Waals surface area contributed by atoms with Crippen LogP contribution in [0.25, 0.3) is 0 Å². The number of rotatable bonds is 3. The second-order valence-electron chi connectivity index (χ2n) is 6.90. The zero-order valence-electron chi connectivity index (χ0n) is 12.8. The highest BCUT2D eigenvalue weighted by Gasteiger charge is 2.43. The molecule has 2 atom stereocenters. The number of halogens is 2. The Balaban J connectivity index is 1.77. The second-order valence-corrected chi connectivity index (χ2v) is 6.90. The van der Waals surface area contributed by atoms with Crippen LogP contribution in [0.4, 0.5) is 8.78 Å². The molecule has 1 N–H and O–H groups in total. The molecular weight excluding hydrogens is 270 g/mol. The van der Waals surface area contributed by atoms with E-state index in [2.05, 4.69) is 24.1 Å². The molecule has 2 fully saturated rings. The van der Waals surface area contributed by atoms with Crippen molar-refractivity contribution in [3.63, 3.8) is 0 Å². The fourth-order valence-electron chi connectivity index (χ4n) is 3.46. The zero-order valence-corrected chi connectivity index (χ0v) is 12.8. The molecule has 1 aromatic carbocycles. The summed E-state index contributed by atoms with van der Waals surface area (Å²) in [7, 11) is 0. The summed E-state index contributed by atoms with van der Waals surface area (Å²) in [5.74, 6) is -0.208. The first kappa shape index (κ1) is 14.9. The van der Waals surface area contributed by atoms with Gasteiger partial charge in [-0.3, -0.25) is 4.90 Å². The number of hydrogen-bond donors (Lipinski definition) is 1. The normalized spacial score (nSPS) is 31.1. The van der Waals surface area contributed by atoms with E-state index in [0.717, 1.165) is 31.5 Å². The highest BCUT2D eigenvalue weighted by molar-refractivity contribution is 5.19. The average Bonchev–Trinajstić information content (AvgIpc) is 3.24. The molecule has 1 aliphatic carbocycles. The molecule has 0 spiro atoms. The maximum Gasteiger partial charge on any atom is 0.130 e. The van der Waals surface area contributed by atoms with Crippen molar-refractivity contribution in [1.82, 2.24) is 10.2 Å². The van der Waals surface area contributed by atoms with Crippen LogP contribution in [0.2, 0.25) is 0 Å². The van der Waals surface area contributed by atoms with Gasteiger partial charge in [0.2, 0.25) is 0 Å². The van der Waals surface area contributed by atoms with Gasteiger partial charge in [-0.05, 0) is 51.6 Å². The van der Waals surface area contributed by atoms with Gasteiger partial charge in [0.1, 0.15) is 11.6 Å². The summed E-state index contributed by atoms with van der Waals surface area (Å²) >= 11 is 0. The molecule has 1 aromatic rings. The molecule has 2 nitrogen and oxygen atoms in total. The topological polar surface area (TPSA) is 15.3 Å². The first-order valence-electron chi connectivity index (χ1n) is 7.91. The summed E-state index contributed by atoms with van der Waals surface area (Å²) < 4.78 is 27.0. The summed E-state index contributed by atoms with van der Waals surface area (Å²) in [6.07, 6.45) is 3.64. The Hall–Kier alpha value is -1.00. The number of nitrogens with zero attached hydrogens (tertiary/aromatic N) is 1. The van der Waals surface area contributed by atoms with Crippen molar-refractivity contribution in [1.29, 1.82) is 0 Å². The van der Waals surface area contributed by atoms with Gasteiger partial charge < -0.3 is 5.32 Å². The third kappa shape index (κ3) is 3.27. The van der Waals surface area contributed by atoms with Crippen LogP contribution in [0.5, 0.6) is 0 Å². The van der Waals surface area contributed by atoms with E-state index in [1.165, 1.54) is 18.9 Å². The van der Waals surface area contributed by atoms with Crippen molar-refractivity contribution >= 4 is 0 Å². The van der Waals surface area contributed by atoms with Crippen LogP contribution in [-0.4, -0.2) is 29.6 Å². The zero-order chi connectivity index (χ0) is 15.0. The lowest BCUT2D eigenvalue weighted by atomic mass is 9.95. The highest BCUT2D eigenvalue weighted by atomic mass is 19.1. The number of nitrogens with one attached hydrogen (secondary N) is 1. The Morgan fingerprint density at radius 3 is 2.71 bits per heavy atom. The largest absolute Gasteiger partial charge is 0.310 e. The van der Waals surface area contributed by atoms with Gasteiger partial charge in [0.25, 0.3) is 0 Å². The average molecular weight is 294 g/mol. The van der Waals surface area contributed by atoms with Crippen molar-refractivity contribution in [2.75, 3.05) is 13.1 Å². The molecule has 1 saturated heterocycles. The molecule has 2 unspecified atom stereocenters. The number of benzene rings is 1. The van der Waals surface area contributed by atoms with E-state index in [0.29, 0.717) is 18.2 Å². The Bertz CT molecular complexity index is 516. The van der Waals surface area contributed by atoms with Gasteiger partial charge in [0.05, 0.1) is 0 Å². The lowest BCUT2D eigenvalue weighted by Crippen LogP contribution is -2.51. The van der Waals surface area contributed by atoms with Gasteiger partial charge in [-0.15, -0.1) is 0 Å². The predicted octanol–water partition coefficient (Wildman–Crippen LogP) is 3.32. The minimum absolute atomic E-state index is 0.126. The monoisotopic (exact) mass is 294 g/mol. The summed E-state index contributed by atoms with van der Waals surface area (Å²) in [6.45, 7) is 6.97. The first-order valence-corrected chi connectivity index (χ1v) is 7.91. The van der Waals surface area contributed by atoms with E-state index >= 15 is 0 Å². The summed E-state index contributed by atoms with van der Waals surface area (Å²) in [5.41, 5.74) is 0.713. The lowest BCUT2D eigenvalue weighted by Gasteiger charge is -2.36. The molecule has 0 bridgehead atoms. The van der Waals surface area contributed by atoms with Crippen LogP contribution >= 0.6 is 0 Å². The van der Waals surface area contributed by atoms with Crippen LogP contribution < -0.4 is 5.32 Å². The lowest BCUT2D eigenvalue weighted by molar-refractivity contribution is 0.153. The van der Waals surface area contributed by atoms with Gasteiger partial charge in [-0.1, -0.05) is 6.07 Å². The van der Waals surface area contributed by atoms with Crippen molar-refractivity contribution in [2.45, 2.75) is 51.2 Å². The van der Waals surface area contributed by atoms with E-state index in [4.69, 9.17) is 0 Å².